The van der Waals surface area contributed by atoms with Gasteiger partial charge in [-0.15, -0.1) is 0 Å². The lowest BCUT2D eigenvalue weighted by Crippen LogP contribution is -2.12. The van der Waals surface area contributed by atoms with E-state index in [2.05, 4.69) is 4.98 Å². The van der Waals surface area contributed by atoms with Crippen molar-refractivity contribution in [2.24, 2.45) is 0 Å². The highest BCUT2D eigenvalue weighted by Crippen LogP contribution is 2.33. The molecule has 0 saturated heterocycles. The Hall–Kier alpha value is -1.26. The highest BCUT2D eigenvalue weighted by atomic mass is 35.5. The van der Waals surface area contributed by atoms with Crippen molar-refractivity contribution in [1.82, 2.24) is 9.55 Å². The van der Waals surface area contributed by atoms with Crippen LogP contribution < -0.4 is 5.43 Å². The Balaban J connectivity index is 2.58. The maximum absolute atomic E-state index is 12.2. The minimum atomic E-state index is -0.235. The molecular formula is C15H8Cl4N2O. The first-order valence-electron chi connectivity index (χ1n) is 6.23. The molecule has 0 N–H and O–H groups in total. The molecular weight excluding hydrogens is 366 g/mol. The number of benzene rings is 1. The van der Waals surface area contributed by atoms with E-state index in [0.717, 1.165) is 0 Å². The first-order valence-corrected chi connectivity index (χ1v) is 7.74. The molecule has 3 rings (SSSR count). The number of halogens is 4. The summed E-state index contributed by atoms with van der Waals surface area (Å²) in [5, 5.41) is 1.39. The Labute approximate surface area is 146 Å². The zero-order valence-electron chi connectivity index (χ0n) is 11.2. The molecule has 0 spiro atoms. The van der Waals surface area contributed by atoms with Crippen LogP contribution >= 0.6 is 46.4 Å². The number of hydrogen-bond donors (Lipinski definition) is 0. The predicted molar refractivity (Wildman–Crippen MR) is 92.1 cm³/mol. The normalized spacial score (nSPS) is 11.1. The van der Waals surface area contributed by atoms with Crippen LogP contribution in [-0.2, 0) is 0 Å². The Morgan fingerprint density at radius 2 is 1.68 bits per heavy atom. The quantitative estimate of drug-likeness (QED) is 0.542. The van der Waals surface area contributed by atoms with Gasteiger partial charge in [0.05, 0.1) is 26.6 Å². The van der Waals surface area contributed by atoms with Crippen molar-refractivity contribution in [1.29, 1.82) is 0 Å². The van der Waals surface area contributed by atoms with Crippen molar-refractivity contribution in [2.45, 2.75) is 6.92 Å². The molecule has 22 heavy (non-hydrogen) atoms. The number of rotatable bonds is 1. The summed E-state index contributed by atoms with van der Waals surface area (Å²) in [5.41, 5.74) is 1.49. The van der Waals surface area contributed by atoms with E-state index >= 15 is 0 Å². The van der Waals surface area contributed by atoms with Crippen molar-refractivity contribution in [2.75, 3.05) is 0 Å². The van der Waals surface area contributed by atoms with Crippen LogP contribution in [0, 0.1) is 6.92 Å². The van der Waals surface area contributed by atoms with E-state index in [1.165, 1.54) is 6.07 Å². The standard InChI is InChI=1S/C15H8Cl4N2O/c1-7-5-11(22)13-10(6-12(18)20-15(13)19)21(7)14-8(16)3-2-4-9(14)17/h2-6H,1H3. The molecule has 0 unspecified atom stereocenters. The van der Waals surface area contributed by atoms with Gasteiger partial charge < -0.3 is 4.57 Å². The summed E-state index contributed by atoms with van der Waals surface area (Å²) in [6.07, 6.45) is 0. The van der Waals surface area contributed by atoms with Gasteiger partial charge >= 0.3 is 0 Å². The topological polar surface area (TPSA) is 34.9 Å². The van der Waals surface area contributed by atoms with Crippen LogP contribution in [0.1, 0.15) is 5.69 Å². The zero-order chi connectivity index (χ0) is 16.0. The van der Waals surface area contributed by atoms with Gasteiger partial charge in [-0.05, 0) is 19.1 Å². The second-order valence-electron chi connectivity index (χ2n) is 4.69. The lowest BCUT2D eigenvalue weighted by atomic mass is 10.2. The maximum atomic E-state index is 12.2. The molecule has 1 aromatic carbocycles. The largest absolute Gasteiger partial charge is 0.311 e. The second-order valence-corrected chi connectivity index (χ2v) is 6.25. The number of fused-ring (bicyclic) bond motifs is 1. The molecule has 0 bridgehead atoms. The van der Waals surface area contributed by atoms with E-state index in [0.29, 0.717) is 26.9 Å². The van der Waals surface area contributed by atoms with Crippen molar-refractivity contribution >= 4 is 57.3 Å². The summed E-state index contributed by atoms with van der Waals surface area (Å²) < 4.78 is 1.75. The summed E-state index contributed by atoms with van der Waals surface area (Å²) >= 11 is 24.7. The van der Waals surface area contributed by atoms with Gasteiger partial charge in [-0.3, -0.25) is 4.79 Å². The molecule has 0 aliphatic rings. The first-order chi connectivity index (χ1) is 10.4. The number of para-hydroxylation sites is 1. The number of aryl methyl sites for hydroxylation is 1. The van der Waals surface area contributed by atoms with Gasteiger partial charge in [0.15, 0.2) is 5.43 Å². The van der Waals surface area contributed by atoms with E-state index in [1.54, 1.807) is 35.8 Å². The van der Waals surface area contributed by atoms with Gasteiger partial charge in [-0.25, -0.2) is 4.98 Å². The predicted octanol–water partition coefficient (Wildman–Crippen LogP) is 5.31. The van der Waals surface area contributed by atoms with Gasteiger partial charge in [-0.2, -0.15) is 0 Å². The number of nitrogens with zero attached hydrogens (tertiary/aromatic N) is 2. The van der Waals surface area contributed by atoms with Crippen molar-refractivity contribution in [3.05, 3.63) is 66.6 Å². The minimum Gasteiger partial charge on any atom is -0.311 e. The molecule has 0 aliphatic carbocycles. The SMILES string of the molecule is Cc1cc(=O)c2c(Cl)nc(Cl)cc2n1-c1c(Cl)cccc1Cl. The molecule has 0 saturated carbocycles. The molecule has 7 heteroatoms. The molecule has 0 aliphatic heterocycles. The Kier molecular flexibility index (Phi) is 4.08. The van der Waals surface area contributed by atoms with Crippen LogP contribution in [0.25, 0.3) is 16.6 Å². The summed E-state index contributed by atoms with van der Waals surface area (Å²) in [5.74, 6) is 0. The third kappa shape index (κ3) is 2.48. The molecule has 0 atom stereocenters. The zero-order valence-corrected chi connectivity index (χ0v) is 14.2. The van der Waals surface area contributed by atoms with Gasteiger partial charge in [0.2, 0.25) is 0 Å². The van der Waals surface area contributed by atoms with Gasteiger partial charge in [0, 0.05) is 17.8 Å². The van der Waals surface area contributed by atoms with Gasteiger partial charge in [0.25, 0.3) is 0 Å². The highest BCUT2D eigenvalue weighted by molar-refractivity contribution is 6.38. The van der Waals surface area contributed by atoms with E-state index in [4.69, 9.17) is 46.4 Å². The lowest BCUT2D eigenvalue weighted by molar-refractivity contribution is 1.02. The third-order valence-electron chi connectivity index (χ3n) is 3.26. The Bertz CT molecular complexity index is 946. The van der Waals surface area contributed by atoms with Crippen molar-refractivity contribution in [3.8, 4) is 5.69 Å². The number of hydrogen-bond acceptors (Lipinski definition) is 2. The average molecular weight is 374 g/mol. The van der Waals surface area contributed by atoms with E-state index < -0.39 is 0 Å². The molecule has 3 nitrogen and oxygen atoms in total. The van der Waals surface area contributed by atoms with Gasteiger partial charge in [-0.1, -0.05) is 52.5 Å². The highest BCUT2D eigenvalue weighted by Gasteiger charge is 2.17. The Morgan fingerprint density at radius 1 is 1.05 bits per heavy atom. The molecule has 3 aromatic rings. The molecule has 112 valence electrons. The Morgan fingerprint density at radius 3 is 2.32 bits per heavy atom. The van der Waals surface area contributed by atoms with Crippen LogP contribution in [0.2, 0.25) is 20.4 Å². The van der Waals surface area contributed by atoms with Crippen LogP contribution in [0.4, 0.5) is 0 Å². The maximum Gasteiger partial charge on any atom is 0.192 e. The minimum absolute atomic E-state index is 0.0458. The third-order valence-corrected chi connectivity index (χ3v) is 4.34. The number of pyridine rings is 2. The summed E-state index contributed by atoms with van der Waals surface area (Å²) in [4.78, 5) is 16.2. The molecule has 0 fully saturated rings. The van der Waals surface area contributed by atoms with E-state index in [1.807, 2.05) is 0 Å². The van der Waals surface area contributed by atoms with Crippen LogP contribution in [0.15, 0.2) is 35.1 Å². The van der Waals surface area contributed by atoms with Crippen molar-refractivity contribution in [3.63, 3.8) is 0 Å². The fourth-order valence-electron chi connectivity index (χ4n) is 2.39. The fraction of sp³-hybridized carbons (Fsp3) is 0.0667. The average Bonchev–Trinajstić information content (AvgIpc) is 2.40. The molecule has 2 aromatic heterocycles. The molecule has 0 radical (unpaired) electrons. The monoisotopic (exact) mass is 372 g/mol. The van der Waals surface area contributed by atoms with Gasteiger partial charge in [0.1, 0.15) is 10.3 Å². The van der Waals surface area contributed by atoms with Crippen LogP contribution in [-0.4, -0.2) is 9.55 Å². The van der Waals surface area contributed by atoms with E-state index in [9.17, 15) is 4.79 Å². The molecule has 2 heterocycles. The smallest absolute Gasteiger partial charge is 0.192 e. The van der Waals surface area contributed by atoms with Crippen LogP contribution in [0.5, 0.6) is 0 Å². The van der Waals surface area contributed by atoms with Crippen molar-refractivity contribution < 1.29 is 0 Å². The second kappa shape index (κ2) is 5.74. The first kappa shape index (κ1) is 15.6. The lowest BCUT2D eigenvalue weighted by Gasteiger charge is -2.17. The number of aromatic nitrogens is 2. The van der Waals surface area contributed by atoms with E-state index in [-0.39, 0.29) is 21.1 Å². The summed E-state index contributed by atoms with van der Waals surface area (Å²) in [6, 6.07) is 8.21. The summed E-state index contributed by atoms with van der Waals surface area (Å²) in [6.45, 7) is 1.78. The van der Waals surface area contributed by atoms with Crippen LogP contribution in [0.3, 0.4) is 0 Å². The molecule has 0 amide bonds. The fourth-order valence-corrected chi connectivity index (χ4v) is 3.47. The summed E-state index contributed by atoms with van der Waals surface area (Å²) in [7, 11) is 0.